The normalized spacial score (nSPS) is 28.4. The summed E-state index contributed by atoms with van der Waals surface area (Å²) in [6.07, 6.45) is 19.2. The predicted octanol–water partition coefficient (Wildman–Crippen LogP) is 4.99. The first-order valence-corrected chi connectivity index (χ1v) is 23.6. The van der Waals surface area contributed by atoms with E-state index in [9.17, 15) is 45.6 Å². The van der Waals surface area contributed by atoms with Crippen molar-refractivity contribution in [1.29, 1.82) is 0 Å². The molecular weight excluding hydrogens is 775 g/mol. The van der Waals surface area contributed by atoms with Crippen molar-refractivity contribution < 1.29 is 64.6 Å². The summed E-state index contributed by atoms with van der Waals surface area (Å²) in [7, 11) is 0. The summed E-state index contributed by atoms with van der Waals surface area (Å²) in [4.78, 5) is 12.8. The lowest BCUT2D eigenvalue weighted by molar-refractivity contribution is -0.359. The highest BCUT2D eigenvalue weighted by atomic mass is 16.7. The minimum Gasteiger partial charge on any atom is -0.394 e. The molecule has 1 amide bonds. The second-order valence-electron chi connectivity index (χ2n) is 16.9. The molecule has 2 aliphatic rings. The van der Waals surface area contributed by atoms with E-state index in [1.54, 1.807) is 6.08 Å². The number of nitrogens with one attached hydrogen (secondary N) is 1. The van der Waals surface area contributed by atoms with Crippen molar-refractivity contribution in [3.05, 3.63) is 24.3 Å². The summed E-state index contributed by atoms with van der Waals surface area (Å²) in [5, 5.41) is 85.9. The van der Waals surface area contributed by atoms with E-state index < -0.39 is 86.8 Å². The third-order valence-electron chi connectivity index (χ3n) is 11.6. The smallest absolute Gasteiger partial charge is 0.220 e. The van der Waals surface area contributed by atoms with Gasteiger partial charge in [-0.05, 0) is 32.1 Å². The van der Waals surface area contributed by atoms with Gasteiger partial charge < -0.3 is 65.1 Å². The predicted molar refractivity (Wildman–Crippen MR) is 231 cm³/mol. The van der Waals surface area contributed by atoms with Gasteiger partial charge in [-0.1, -0.05) is 154 Å². The minimum atomic E-state index is -1.79. The van der Waals surface area contributed by atoms with Crippen LogP contribution in [0.3, 0.4) is 0 Å². The van der Waals surface area contributed by atoms with Gasteiger partial charge in [0.1, 0.15) is 48.8 Å². The van der Waals surface area contributed by atoms with Gasteiger partial charge in [0, 0.05) is 6.42 Å². The van der Waals surface area contributed by atoms with Crippen molar-refractivity contribution in [2.45, 2.75) is 242 Å². The number of aliphatic hydroxyl groups excluding tert-OH is 8. The molecule has 0 saturated carbocycles. The molecule has 9 N–H and O–H groups in total. The first kappa shape index (κ1) is 54.6. The number of aliphatic hydroxyl groups is 8. The second kappa shape index (κ2) is 34.0. The van der Waals surface area contributed by atoms with Crippen molar-refractivity contribution >= 4 is 5.91 Å². The summed E-state index contributed by atoms with van der Waals surface area (Å²) in [6, 6.07) is -0.922. The zero-order valence-corrected chi connectivity index (χ0v) is 36.9. The molecule has 60 heavy (non-hydrogen) atoms. The van der Waals surface area contributed by atoms with Gasteiger partial charge in [-0.3, -0.25) is 4.79 Å². The van der Waals surface area contributed by atoms with Crippen LogP contribution in [0, 0.1) is 0 Å². The maximum absolute atomic E-state index is 12.8. The van der Waals surface area contributed by atoms with Crippen molar-refractivity contribution in [1.82, 2.24) is 5.32 Å². The van der Waals surface area contributed by atoms with Crippen molar-refractivity contribution in [3.63, 3.8) is 0 Å². The topological polar surface area (TPSA) is 228 Å². The van der Waals surface area contributed by atoms with Crippen LogP contribution in [-0.4, -0.2) is 140 Å². The quantitative estimate of drug-likeness (QED) is 0.0303. The van der Waals surface area contributed by atoms with E-state index in [1.165, 1.54) is 109 Å². The zero-order valence-electron chi connectivity index (χ0n) is 36.9. The SMILES string of the molecule is CCCCCCCCCCCCCCCCCCC/C=C/CC/C=C/C(O)C(COC1OC(CO)C(OC2OC(CO)C(O)C(O)C2O)C(O)C1O)NC(=O)CCCCC. The van der Waals surface area contributed by atoms with Crippen LogP contribution in [0.25, 0.3) is 0 Å². The molecule has 12 atom stereocenters. The largest absolute Gasteiger partial charge is 0.394 e. The lowest BCUT2D eigenvalue weighted by Gasteiger charge is -2.46. The Morgan fingerprint density at radius 3 is 1.63 bits per heavy atom. The second-order valence-corrected chi connectivity index (χ2v) is 16.9. The molecule has 14 nitrogen and oxygen atoms in total. The lowest BCUT2D eigenvalue weighted by atomic mass is 9.97. The van der Waals surface area contributed by atoms with Gasteiger partial charge in [0.25, 0.3) is 0 Å². The number of hydrogen-bond donors (Lipinski definition) is 9. The number of allylic oxidation sites excluding steroid dienone is 3. The molecular formula is C46H85NO13. The Balaban J connectivity index is 1.72. The van der Waals surface area contributed by atoms with E-state index in [-0.39, 0.29) is 18.9 Å². The van der Waals surface area contributed by atoms with E-state index in [1.807, 2.05) is 13.0 Å². The Labute approximate surface area is 360 Å². The molecule has 0 aromatic rings. The standard InChI is InChI=1S/C46H85NO13/c1-3-5-7-8-9-10-11-12-13-14-15-16-17-18-19-20-21-22-23-24-25-26-28-29-35(50)34(47-38(51)30-27-6-4-2)33-57-45-43(56)41(54)44(37(32-49)59-45)60-46-42(55)40(53)39(52)36(31-48)58-46/h23-24,28-29,34-37,39-46,48-50,52-56H,3-22,25-27,30-33H2,1-2H3,(H,47,51)/b24-23+,29-28+. The molecule has 14 heteroatoms. The van der Waals surface area contributed by atoms with Crippen LogP contribution in [0.5, 0.6) is 0 Å². The maximum Gasteiger partial charge on any atom is 0.220 e. The summed E-state index contributed by atoms with van der Waals surface area (Å²) < 4.78 is 22.5. The zero-order chi connectivity index (χ0) is 44.0. The number of carbonyl (C=O) groups excluding carboxylic acids is 1. The molecule has 2 fully saturated rings. The van der Waals surface area contributed by atoms with E-state index in [0.717, 1.165) is 25.7 Å². The monoisotopic (exact) mass is 860 g/mol. The fraction of sp³-hybridized carbons (Fsp3) is 0.891. The highest BCUT2D eigenvalue weighted by molar-refractivity contribution is 5.76. The Hall–Kier alpha value is -1.53. The summed E-state index contributed by atoms with van der Waals surface area (Å²) in [5.41, 5.74) is 0. The van der Waals surface area contributed by atoms with Crippen LogP contribution in [0.2, 0.25) is 0 Å². The Kier molecular flexibility index (Phi) is 30.9. The molecule has 0 bridgehead atoms. The highest BCUT2D eigenvalue weighted by Gasteiger charge is 2.50. The number of unbranched alkanes of at least 4 members (excludes halogenated alkanes) is 20. The average molecular weight is 860 g/mol. The number of ether oxygens (including phenoxy) is 4. The highest BCUT2D eigenvalue weighted by Crippen LogP contribution is 2.30. The molecule has 2 saturated heterocycles. The van der Waals surface area contributed by atoms with Crippen LogP contribution in [0.15, 0.2) is 24.3 Å². The summed E-state index contributed by atoms with van der Waals surface area (Å²) in [6.45, 7) is 2.57. The van der Waals surface area contributed by atoms with Crippen LogP contribution >= 0.6 is 0 Å². The number of amides is 1. The van der Waals surface area contributed by atoms with Crippen molar-refractivity contribution in [3.8, 4) is 0 Å². The van der Waals surface area contributed by atoms with Crippen LogP contribution in [0.4, 0.5) is 0 Å². The third-order valence-corrected chi connectivity index (χ3v) is 11.6. The van der Waals surface area contributed by atoms with Crippen LogP contribution in [-0.2, 0) is 23.7 Å². The van der Waals surface area contributed by atoms with Crippen LogP contribution < -0.4 is 5.32 Å². The van der Waals surface area contributed by atoms with Gasteiger partial charge in [0.2, 0.25) is 5.91 Å². The molecule has 0 aromatic heterocycles. The molecule has 12 unspecified atom stereocenters. The maximum atomic E-state index is 12.8. The van der Waals surface area contributed by atoms with Gasteiger partial charge in [-0.2, -0.15) is 0 Å². The minimum absolute atomic E-state index is 0.260. The van der Waals surface area contributed by atoms with E-state index >= 15 is 0 Å². The molecule has 2 aliphatic heterocycles. The molecule has 2 rings (SSSR count). The lowest BCUT2D eigenvalue weighted by Crippen LogP contribution is -2.65. The van der Waals surface area contributed by atoms with Gasteiger partial charge in [-0.25, -0.2) is 0 Å². The molecule has 0 spiro atoms. The molecule has 352 valence electrons. The molecule has 0 aliphatic carbocycles. The Morgan fingerprint density at radius 2 is 1.07 bits per heavy atom. The average Bonchev–Trinajstić information content (AvgIpc) is 3.24. The first-order valence-electron chi connectivity index (χ1n) is 23.6. The van der Waals surface area contributed by atoms with Gasteiger partial charge in [0.05, 0.1) is 32.0 Å². The molecule has 2 heterocycles. The summed E-state index contributed by atoms with van der Waals surface area (Å²) >= 11 is 0. The number of rotatable bonds is 35. The summed E-state index contributed by atoms with van der Waals surface area (Å²) in [5.74, 6) is -0.275. The number of carbonyl (C=O) groups is 1. The fourth-order valence-corrected chi connectivity index (χ4v) is 7.72. The third kappa shape index (κ3) is 21.7. The molecule has 0 aromatic carbocycles. The first-order chi connectivity index (χ1) is 29.1. The van der Waals surface area contributed by atoms with Crippen molar-refractivity contribution in [2.75, 3.05) is 19.8 Å². The van der Waals surface area contributed by atoms with Gasteiger partial charge in [-0.15, -0.1) is 0 Å². The van der Waals surface area contributed by atoms with Crippen LogP contribution in [0.1, 0.15) is 168 Å². The van der Waals surface area contributed by atoms with Gasteiger partial charge >= 0.3 is 0 Å². The Morgan fingerprint density at radius 1 is 0.583 bits per heavy atom. The molecule has 0 radical (unpaired) electrons. The van der Waals surface area contributed by atoms with E-state index in [4.69, 9.17) is 18.9 Å². The fourth-order valence-electron chi connectivity index (χ4n) is 7.72. The van der Waals surface area contributed by atoms with E-state index in [2.05, 4.69) is 24.4 Å². The van der Waals surface area contributed by atoms with Gasteiger partial charge in [0.15, 0.2) is 12.6 Å². The van der Waals surface area contributed by atoms with E-state index in [0.29, 0.717) is 12.8 Å². The number of hydrogen-bond acceptors (Lipinski definition) is 13. The van der Waals surface area contributed by atoms with Crippen molar-refractivity contribution in [2.24, 2.45) is 0 Å². The Bertz CT molecular complexity index is 1110.